The Morgan fingerprint density at radius 2 is 1.83 bits per heavy atom. The number of carbonyl (C=O) groups excluding carboxylic acids is 1. The van der Waals surface area contributed by atoms with Gasteiger partial charge >= 0.3 is 0 Å². The number of nitrogens with one attached hydrogen (secondary N) is 2. The molecule has 0 unspecified atom stereocenters. The molecule has 2 heterocycles. The van der Waals surface area contributed by atoms with E-state index >= 15 is 0 Å². The normalized spacial score (nSPS) is 10.3. The van der Waals surface area contributed by atoms with E-state index < -0.39 is 0 Å². The Bertz CT molecular complexity index is 1210. The lowest BCUT2D eigenvalue weighted by Crippen LogP contribution is -2.00. The first-order valence-corrected chi connectivity index (χ1v) is 8.91. The zero-order chi connectivity index (χ0) is 20.2. The highest BCUT2D eigenvalue weighted by Gasteiger charge is 2.15. The van der Waals surface area contributed by atoms with Crippen LogP contribution in [-0.4, -0.2) is 16.0 Å². The molecule has 4 aromatic rings. The van der Waals surface area contributed by atoms with E-state index in [0.717, 1.165) is 22.5 Å². The zero-order valence-electron chi connectivity index (χ0n) is 15.6. The summed E-state index contributed by atoms with van der Waals surface area (Å²) in [5.41, 5.74) is 3.99. The highest BCUT2D eigenvalue weighted by atomic mass is 16.5. The van der Waals surface area contributed by atoms with Crippen LogP contribution in [0.4, 0.5) is 17.1 Å². The lowest BCUT2D eigenvalue weighted by molar-refractivity contribution is -0.105. The average Bonchev–Trinajstić information content (AvgIpc) is 3.06. The minimum atomic E-state index is 0.404. The molecule has 0 aliphatic carbocycles. The standard InChI is InChI=1S/C22H17N5O2/c1-15-20(24-14-28)13-27-22(15)21(16(11-23)12-25-27)26-17-7-9-19(10-8-17)29-18-5-3-2-4-6-18/h2-10,12-14,26H,1H3,(H,24,28). The number of benzene rings is 2. The monoisotopic (exact) mass is 383 g/mol. The van der Waals surface area contributed by atoms with Gasteiger partial charge in [-0.2, -0.15) is 10.4 Å². The third-order valence-electron chi connectivity index (χ3n) is 4.49. The van der Waals surface area contributed by atoms with Gasteiger partial charge in [-0.3, -0.25) is 4.79 Å². The van der Waals surface area contributed by atoms with Gasteiger partial charge in [0.25, 0.3) is 0 Å². The fourth-order valence-electron chi connectivity index (χ4n) is 3.08. The fraction of sp³-hybridized carbons (Fsp3) is 0.0455. The summed E-state index contributed by atoms with van der Waals surface area (Å²) in [7, 11) is 0. The quantitative estimate of drug-likeness (QED) is 0.474. The Kier molecular flexibility index (Phi) is 4.82. The van der Waals surface area contributed by atoms with Gasteiger partial charge in [-0.1, -0.05) is 18.2 Å². The van der Waals surface area contributed by atoms with E-state index in [-0.39, 0.29) is 0 Å². The molecule has 0 fully saturated rings. The van der Waals surface area contributed by atoms with Crippen LogP contribution in [0.5, 0.6) is 11.5 Å². The Balaban J connectivity index is 1.66. The summed E-state index contributed by atoms with van der Waals surface area (Å²) < 4.78 is 7.45. The molecule has 0 aliphatic heterocycles. The number of hydrogen-bond acceptors (Lipinski definition) is 5. The maximum Gasteiger partial charge on any atom is 0.211 e. The molecule has 0 aliphatic rings. The van der Waals surface area contributed by atoms with E-state index in [0.29, 0.717) is 29.1 Å². The van der Waals surface area contributed by atoms with E-state index in [2.05, 4.69) is 21.8 Å². The minimum absolute atomic E-state index is 0.404. The van der Waals surface area contributed by atoms with Crippen LogP contribution in [0.25, 0.3) is 5.52 Å². The van der Waals surface area contributed by atoms with Crippen LogP contribution in [0, 0.1) is 18.3 Å². The van der Waals surface area contributed by atoms with Crippen LogP contribution in [-0.2, 0) is 4.79 Å². The molecule has 142 valence electrons. The summed E-state index contributed by atoms with van der Waals surface area (Å²) in [6.45, 7) is 1.87. The molecule has 7 nitrogen and oxygen atoms in total. The van der Waals surface area contributed by atoms with Gasteiger partial charge in [-0.05, 0) is 43.3 Å². The summed E-state index contributed by atoms with van der Waals surface area (Å²) in [6, 6.07) is 19.2. The fourth-order valence-corrected chi connectivity index (χ4v) is 3.08. The van der Waals surface area contributed by atoms with Crippen molar-refractivity contribution in [2.75, 3.05) is 10.6 Å². The number of fused-ring (bicyclic) bond motifs is 1. The molecule has 0 radical (unpaired) electrons. The molecule has 4 rings (SSSR count). The smallest absolute Gasteiger partial charge is 0.211 e. The van der Waals surface area contributed by atoms with Gasteiger partial charge in [-0.15, -0.1) is 0 Å². The van der Waals surface area contributed by atoms with Crippen LogP contribution in [0.1, 0.15) is 11.1 Å². The SMILES string of the molecule is Cc1c(NC=O)cn2ncc(C#N)c(Nc3ccc(Oc4ccccc4)cc3)c12. The second-order valence-corrected chi connectivity index (χ2v) is 6.33. The van der Waals surface area contributed by atoms with Crippen molar-refractivity contribution >= 4 is 29.0 Å². The van der Waals surface area contributed by atoms with Crippen molar-refractivity contribution in [2.45, 2.75) is 6.92 Å². The summed E-state index contributed by atoms with van der Waals surface area (Å²) in [6.07, 6.45) is 3.82. The molecule has 1 amide bonds. The summed E-state index contributed by atoms with van der Waals surface area (Å²) in [4.78, 5) is 10.8. The maximum absolute atomic E-state index is 10.8. The lowest BCUT2D eigenvalue weighted by atomic mass is 10.1. The highest BCUT2D eigenvalue weighted by molar-refractivity contribution is 5.89. The van der Waals surface area contributed by atoms with Crippen molar-refractivity contribution in [1.82, 2.24) is 9.61 Å². The number of hydrogen-bond donors (Lipinski definition) is 2. The van der Waals surface area contributed by atoms with Crippen molar-refractivity contribution < 1.29 is 9.53 Å². The number of amides is 1. The predicted molar refractivity (Wildman–Crippen MR) is 111 cm³/mol. The molecule has 29 heavy (non-hydrogen) atoms. The zero-order valence-corrected chi connectivity index (χ0v) is 15.6. The third-order valence-corrected chi connectivity index (χ3v) is 4.49. The Hall–Kier alpha value is -4.31. The summed E-state index contributed by atoms with van der Waals surface area (Å²) in [5.74, 6) is 1.47. The van der Waals surface area contributed by atoms with Gasteiger partial charge < -0.3 is 15.4 Å². The summed E-state index contributed by atoms with van der Waals surface area (Å²) in [5, 5.41) is 19.7. The second kappa shape index (κ2) is 7.74. The number of ether oxygens (including phenoxy) is 1. The molecular formula is C22H17N5O2. The molecule has 0 saturated heterocycles. The first-order chi connectivity index (χ1) is 14.2. The largest absolute Gasteiger partial charge is 0.457 e. The number of nitriles is 1. The van der Waals surface area contributed by atoms with Crippen LogP contribution < -0.4 is 15.4 Å². The number of nitrogens with zero attached hydrogens (tertiary/aromatic N) is 3. The average molecular weight is 383 g/mol. The van der Waals surface area contributed by atoms with Crippen molar-refractivity contribution in [3.05, 3.63) is 78.1 Å². The Labute approximate surface area is 167 Å². The summed E-state index contributed by atoms with van der Waals surface area (Å²) >= 11 is 0. The van der Waals surface area contributed by atoms with Gasteiger partial charge in [0.05, 0.1) is 34.8 Å². The number of carbonyl (C=O) groups is 1. The van der Waals surface area contributed by atoms with Gasteiger partial charge in [0.2, 0.25) is 6.41 Å². The second-order valence-electron chi connectivity index (χ2n) is 6.33. The molecule has 7 heteroatoms. The molecule has 0 bridgehead atoms. The number of anilines is 3. The van der Waals surface area contributed by atoms with Crippen LogP contribution in [0.2, 0.25) is 0 Å². The number of aryl methyl sites for hydroxylation is 1. The first-order valence-electron chi connectivity index (χ1n) is 8.91. The number of aromatic nitrogens is 2. The molecule has 2 aromatic heterocycles. The molecule has 0 saturated carbocycles. The molecular weight excluding hydrogens is 366 g/mol. The highest BCUT2D eigenvalue weighted by Crippen LogP contribution is 2.32. The number of para-hydroxylation sites is 1. The topological polar surface area (TPSA) is 91.5 Å². The van der Waals surface area contributed by atoms with Crippen LogP contribution in [0.15, 0.2) is 67.0 Å². The van der Waals surface area contributed by atoms with Crippen molar-refractivity contribution in [3.63, 3.8) is 0 Å². The van der Waals surface area contributed by atoms with Gasteiger partial charge in [-0.25, -0.2) is 4.52 Å². The lowest BCUT2D eigenvalue weighted by Gasteiger charge is -2.12. The molecule has 2 N–H and O–H groups in total. The van der Waals surface area contributed by atoms with E-state index in [4.69, 9.17) is 4.74 Å². The van der Waals surface area contributed by atoms with E-state index in [9.17, 15) is 10.1 Å². The van der Waals surface area contributed by atoms with E-state index in [1.54, 1.807) is 10.7 Å². The minimum Gasteiger partial charge on any atom is -0.457 e. The molecule has 0 spiro atoms. The Morgan fingerprint density at radius 1 is 1.10 bits per heavy atom. The van der Waals surface area contributed by atoms with Crippen LogP contribution >= 0.6 is 0 Å². The van der Waals surface area contributed by atoms with Gasteiger partial charge in [0.1, 0.15) is 17.6 Å². The van der Waals surface area contributed by atoms with Crippen molar-refractivity contribution in [1.29, 1.82) is 5.26 Å². The van der Waals surface area contributed by atoms with Crippen molar-refractivity contribution in [2.24, 2.45) is 0 Å². The molecule has 0 atom stereocenters. The van der Waals surface area contributed by atoms with Gasteiger partial charge in [0.15, 0.2) is 0 Å². The maximum atomic E-state index is 10.8. The Morgan fingerprint density at radius 3 is 2.52 bits per heavy atom. The van der Waals surface area contributed by atoms with E-state index in [1.165, 1.54) is 6.20 Å². The molecule has 2 aromatic carbocycles. The van der Waals surface area contributed by atoms with Crippen LogP contribution in [0.3, 0.4) is 0 Å². The first kappa shape index (κ1) is 18.1. The van der Waals surface area contributed by atoms with E-state index in [1.807, 2.05) is 61.5 Å². The number of rotatable bonds is 6. The van der Waals surface area contributed by atoms with Gasteiger partial charge in [0, 0.05) is 11.3 Å². The predicted octanol–water partition coefficient (Wildman–Crippen LogP) is 4.62. The third kappa shape index (κ3) is 3.59. The van der Waals surface area contributed by atoms with Crippen molar-refractivity contribution in [3.8, 4) is 17.6 Å².